The molecule has 0 aliphatic heterocycles. The Bertz CT molecular complexity index is 523. The summed E-state index contributed by atoms with van der Waals surface area (Å²) in [5.41, 5.74) is 2.16. The van der Waals surface area contributed by atoms with E-state index < -0.39 is 0 Å². The fourth-order valence-electron chi connectivity index (χ4n) is 2.63. The molecule has 0 saturated heterocycles. The van der Waals surface area contributed by atoms with E-state index in [4.69, 9.17) is 0 Å². The van der Waals surface area contributed by atoms with Crippen LogP contribution in [0.2, 0.25) is 0 Å². The maximum absolute atomic E-state index is 10.4. The summed E-state index contributed by atoms with van der Waals surface area (Å²) in [5.74, 6) is 0.397. The van der Waals surface area contributed by atoms with Gasteiger partial charge in [-0.2, -0.15) is 0 Å². The maximum Gasteiger partial charge on any atom is 0.0958 e. The van der Waals surface area contributed by atoms with E-state index in [9.17, 15) is 5.11 Å². The van der Waals surface area contributed by atoms with Crippen molar-refractivity contribution in [1.29, 1.82) is 0 Å². The van der Waals surface area contributed by atoms with Crippen LogP contribution in [0.3, 0.4) is 0 Å². The molecule has 0 spiro atoms. The molecule has 1 aromatic carbocycles. The van der Waals surface area contributed by atoms with Crippen LogP contribution in [-0.2, 0) is 6.42 Å². The molecule has 0 radical (unpaired) electrons. The predicted molar refractivity (Wildman–Crippen MR) is 90.6 cm³/mol. The lowest BCUT2D eigenvalue weighted by Crippen LogP contribution is -2.22. The number of hydrogen-bond donors (Lipinski definition) is 1. The molecule has 21 heavy (non-hydrogen) atoms. The highest BCUT2D eigenvalue weighted by atomic mass is 32.1. The van der Waals surface area contributed by atoms with Crippen LogP contribution in [0.4, 0.5) is 0 Å². The van der Waals surface area contributed by atoms with Gasteiger partial charge in [0.2, 0.25) is 0 Å². The van der Waals surface area contributed by atoms with E-state index in [1.165, 1.54) is 12.8 Å². The first-order chi connectivity index (χ1) is 10.2. The average molecular weight is 303 g/mol. The van der Waals surface area contributed by atoms with Crippen LogP contribution < -0.4 is 0 Å². The summed E-state index contributed by atoms with van der Waals surface area (Å²) < 4.78 is 0. The Labute approximate surface area is 131 Å². The number of benzene rings is 1. The SMILES string of the molecule is CCCCC(CC)C(O)Cc1nc(-c2ccccc2)cs1. The first-order valence-corrected chi connectivity index (χ1v) is 8.80. The lowest BCUT2D eigenvalue weighted by molar-refractivity contribution is 0.0987. The summed E-state index contributed by atoms with van der Waals surface area (Å²) in [6.07, 6.45) is 4.96. The Hall–Kier alpha value is -1.19. The van der Waals surface area contributed by atoms with Crippen molar-refractivity contribution in [3.05, 3.63) is 40.7 Å². The van der Waals surface area contributed by atoms with Gasteiger partial charge in [0.1, 0.15) is 0 Å². The third kappa shape index (κ3) is 4.65. The Morgan fingerprint density at radius 1 is 1.19 bits per heavy atom. The molecule has 2 rings (SSSR count). The third-order valence-corrected chi connectivity index (χ3v) is 4.87. The third-order valence-electron chi connectivity index (χ3n) is 4.00. The minimum Gasteiger partial charge on any atom is -0.392 e. The normalized spacial score (nSPS) is 14.0. The number of aromatic nitrogens is 1. The highest BCUT2D eigenvalue weighted by Gasteiger charge is 2.19. The number of hydrogen-bond acceptors (Lipinski definition) is 3. The molecular weight excluding hydrogens is 278 g/mol. The zero-order valence-electron chi connectivity index (χ0n) is 13.0. The first-order valence-electron chi connectivity index (χ1n) is 7.92. The van der Waals surface area contributed by atoms with Crippen molar-refractivity contribution >= 4 is 11.3 Å². The highest BCUT2D eigenvalue weighted by Crippen LogP contribution is 2.25. The van der Waals surface area contributed by atoms with Gasteiger partial charge in [-0.25, -0.2) is 4.98 Å². The smallest absolute Gasteiger partial charge is 0.0958 e. The van der Waals surface area contributed by atoms with Crippen molar-refractivity contribution < 1.29 is 5.11 Å². The van der Waals surface area contributed by atoms with Crippen LogP contribution in [0.1, 0.15) is 44.5 Å². The van der Waals surface area contributed by atoms with Gasteiger partial charge in [-0.1, -0.05) is 63.4 Å². The second-order valence-corrected chi connectivity index (χ2v) is 6.52. The number of aliphatic hydroxyl groups is 1. The summed E-state index contributed by atoms with van der Waals surface area (Å²) in [4.78, 5) is 4.68. The molecule has 2 nitrogen and oxygen atoms in total. The average Bonchev–Trinajstić information content (AvgIpc) is 2.97. The Morgan fingerprint density at radius 3 is 2.62 bits per heavy atom. The largest absolute Gasteiger partial charge is 0.392 e. The molecule has 0 fully saturated rings. The minimum atomic E-state index is -0.267. The molecule has 3 heteroatoms. The van der Waals surface area contributed by atoms with Crippen LogP contribution in [0.25, 0.3) is 11.3 Å². The molecule has 0 amide bonds. The summed E-state index contributed by atoms with van der Waals surface area (Å²) in [6.45, 7) is 4.37. The van der Waals surface area contributed by atoms with E-state index >= 15 is 0 Å². The van der Waals surface area contributed by atoms with E-state index in [-0.39, 0.29) is 6.10 Å². The molecule has 114 valence electrons. The van der Waals surface area contributed by atoms with Gasteiger partial charge in [0.25, 0.3) is 0 Å². The molecule has 2 aromatic rings. The highest BCUT2D eigenvalue weighted by molar-refractivity contribution is 7.09. The predicted octanol–water partition coefficient (Wildman–Crippen LogP) is 4.93. The van der Waals surface area contributed by atoms with Crippen molar-refractivity contribution in [3.8, 4) is 11.3 Å². The van der Waals surface area contributed by atoms with E-state index in [0.717, 1.165) is 29.1 Å². The van der Waals surface area contributed by atoms with Gasteiger partial charge in [-0.15, -0.1) is 11.3 Å². The molecule has 0 aliphatic rings. The van der Waals surface area contributed by atoms with Crippen molar-refractivity contribution in [2.75, 3.05) is 0 Å². The summed E-state index contributed by atoms with van der Waals surface area (Å²) >= 11 is 1.65. The Balaban J connectivity index is 1.98. The van der Waals surface area contributed by atoms with Gasteiger partial charge in [0.15, 0.2) is 0 Å². The van der Waals surface area contributed by atoms with Crippen molar-refractivity contribution in [1.82, 2.24) is 4.98 Å². The quantitative estimate of drug-likeness (QED) is 0.750. The van der Waals surface area contributed by atoms with Gasteiger partial charge in [-0.05, 0) is 12.3 Å². The number of nitrogens with zero attached hydrogens (tertiary/aromatic N) is 1. The van der Waals surface area contributed by atoms with Crippen molar-refractivity contribution in [2.45, 2.75) is 52.1 Å². The van der Waals surface area contributed by atoms with Crippen LogP contribution in [-0.4, -0.2) is 16.2 Å². The Morgan fingerprint density at radius 2 is 1.95 bits per heavy atom. The van der Waals surface area contributed by atoms with Crippen LogP contribution in [0.5, 0.6) is 0 Å². The number of rotatable bonds is 8. The maximum atomic E-state index is 10.4. The standard InChI is InChI=1S/C18H25NOS/c1-3-5-9-14(4-2)17(20)12-18-19-16(13-21-18)15-10-7-6-8-11-15/h6-8,10-11,13-14,17,20H,3-5,9,12H2,1-2H3. The molecule has 1 N–H and O–H groups in total. The molecular formula is C18H25NOS. The van der Waals surface area contributed by atoms with Crippen LogP contribution >= 0.6 is 11.3 Å². The molecule has 2 atom stereocenters. The summed E-state index contributed by atoms with van der Waals surface area (Å²) in [6, 6.07) is 10.2. The summed E-state index contributed by atoms with van der Waals surface area (Å²) in [7, 11) is 0. The second-order valence-electron chi connectivity index (χ2n) is 5.57. The molecule has 1 heterocycles. The fraction of sp³-hybridized carbons (Fsp3) is 0.500. The van der Waals surface area contributed by atoms with E-state index in [1.54, 1.807) is 11.3 Å². The Kier molecular flexibility index (Phi) is 6.40. The van der Waals surface area contributed by atoms with E-state index in [2.05, 4.69) is 36.3 Å². The van der Waals surface area contributed by atoms with E-state index in [0.29, 0.717) is 12.3 Å². The van der Waals surface area contributed by atoms with Gasteiger partial charge < -0.3 is 5.11 Å². The topological polar surface area (TPSA) is 33.1 Å². The lowest BCUT2D eigenvalue weighted by atomic mass is 9.92. The second kappa shape index (κ2) is 8.30. The monoisotopic (exact) mass is 303 g/mol. The zero-order chi connectivity index (χ0) is 15.1. The molecule has 0 bridgehead atoms. The number of aliphatic hydroxyl groups excluding tert-OH is 1. The summed E-state index contributed by atoms with van der Waals surface area (Å²) in [5, 5.41) is 13.6. The molecule has 1 aromatic heterocycles. The van der Waals surface area contributed by atoms with Crippen LogP contribution in [0, 0.1) is 5.92 Å². The van der Waals surface area contributed by atoms with E-state index in [1.807, 2.05) is 18.2 Å². The van der Waals surface area contributed by atoms with Crippen LogP contribution in [0.15, 0.2) is 35.7 Å². The number of thiazole rings is 1. The minimum absolute atomic E-state index is 0.267. The fourth-order valence-corrected chi connectivity index (χ4v) is 3.48. The van der Waals surface area contributed by atoms with Gasteiger partial charge in [0.05, 0.1) is 16.8 Å². The number of unbranched alkanes of at least 4 members (excludes halogenated alkanes) is 1. The molecule has 0 saturated carbocycles. The molecule has 0 aliphatic carbocycles. The zero-order valence-corrected chi connectivity index (χ0v) is 13.8. The first kappa shape index (κ1) is 16.2. The van der Waals surface area contributed by atoms with Gasteiger partial charge in [0, 0.05) is 17.4 Å². The van der Waals surface area contributed by atoms with Gasteiger partial charge >= 0.3 is 0 Å². The lowest BCUT2D eigenvalue weighted by Gasteiger charge is -2.20. The van der Waals surface area contributed by atoms with Crippen molar-refractivity contribution in [3.63, 3.8) is 0 Å². The van der Waals surface area contributed by atoms with Crippen molar-refractivity contribution in [2.24, 2.45) is 5.92 Å². The van der Waals surface area contributed by atoms with Gasteiger partial charge in [-0.3, -0.25) is 0 Å². The molecule has 2 unspecified atom stereocenters.